The first-order valence-corrected chi connectivity index (χ1v) is 4.57. The fourth-order valence-electron chi connectivity index (χ4n) is 1.46. The van der Waals surface area contributed by atoms with Crippen molar-refractivity contribution < 1.29 is 18.0 Å². The van der Waals surface area contributed by atoms with Gasteiger partial charge in [0, 0.05) is 0 Å². The maximum absolute atomic E-state index is 12.4. The van der Waals surface area contributed by atoms with Gasteiger partial charge >= 0.3 is 11.7 Å². The highest BCUT2D eigenvalue weighted by Crippen LogP contribution is 2.30. The van der Waals surface area contributed by atoms with E-state index in [1.807, 2.05) is 0 Å². The van der Waals surface area contributed by atoms with Crippen LogP contribution in [0.3, 0.4) is 0 Å². The zero-order valence-corrected chi connectivity index (χ0v) is 8.65. The SMILES string of the molecule is COn1c(=O)cnc2cc(C(F)(F)F)ccc21. The van der Waals surface area contributed by atoms with Crippen LogP contribution in [0.25, 0.3) is 11.0 Å². The van der Waals surface area contributed by atoms with Crippen molar-refractivity contribution in [2.24, 2.45) is 0 Å². The van der Waals surface area contributed by atoms with Gasteiger partial charge in [0.05, 0.1) is 17.3 Å². The molecule has 0 saturated heterocycles. The Morgan fingerprint density at radius 3 is 2.65 bits per heavy atom. The van der Waals surface area contributed by atoms with Gasteiger partial charge in [0.25, 0.3) is 0 Å². The lowest BCUT2D eigenvalue weighted by molar-refractivity contribution is -0.137. The van der Waals surface area contributed by atoms with Crippen LogP contribution in [0.5, 0.6) is 0 Å². The molecule has 17 heavy (non-hydrogen) atoms. The van der Waals surface area contributed by atoms with Crippen molar-refractivity contribution in [1.82, 2.24) is 9.71 Å². The van der Waals surface area contributed by atoms with Gasteiger partial charge in [-0.25, -0.2) is 4.98 Å². The van der Waals surface area contributed by atoms with Crippen molar-refractivity contribution in [2.75, 3.05) is 7.11 Å². The Balaban J connectivity index is 2.74. The topological polar surface area (TPSA) is 44.1 Å². The molecule has 0 saturated carbocycles. The lowest BCUT2D eigenvalue weighted by Gasteiger charge is -2.10. The molecule has 1 heterocycles. The summed E-state index contributed by atoms with van der Waals surface area (Å²) >= 11 is 0. The maximum atomic E-state index is 12.4. The number of hydrogen-bond donors (Lipinski definition) is 0. The molecular formula is C10H7F3N2O2. The molecule has 0 unspecified atom stereocenters. The van der Waals surface area contributed by atoms with Gasteiger partial charge in [-0.3, -0.25) is 4.79 Å². The molecule has 0 aliphatic rings. The van der Waals surface area contributed by atoms with Crippen LogP contribution in [-0.2, 0) is 6.18 Å². The standard InChI is InChI=1S/C10H7F3N2O2/c1-17-15-8-3-2-6(10(11,12)13)4-7(8)14-5-9(15)16/h2-5H,1H3. The van der Waals surface area contributed by atoms with Crippen LogP contribution < -0.4 is 10.4 Å². The summed E-state index contributed by atoms with van der Waals surface area (Å²) in [5.74, 6) is 0. The molecule has 2 rings (SSSR count). The number of aromatic nitrogens is 2. The molecular weight excluding hydrogens is 237 g/mol. The lowest BCUT2D eigenvalue weighted by atomic mass is 10.2. The smallest absolute Gasteiger partial charge is 0.413 e. The molecule has 0 N–H and O–H groups in total. The molecule has 0 fully saturated rings. The predicted molar refractivity (Wildman–Crippen MR) is 53.5 cm³/mol. The summed E-state index contributed by atoms with van der Waals surface area (Å²) in [7, 11) is 1.25. The molecule has 0 radical (unpaired) electrons. The van der Waals surface area contributed by atoms with E-state index in [2.05, 4.69) is 4.98 Å². The largest absolute Gasteiger partial charge is 0.416 e. The Kier molecular flexibility index (Phi) is 2.53. The number of rotatable bonds is 1. The molecule has 0 bridgehead atoms. The molecule has 90 valence electrons. The van der Waals surface area contributed by atoms with Gasteiger partial charge in [-0.05, 0) is 18.2 Å². The van der Waals surface area contributed by atoms with E-state index in [-0.39, 0.29) is 11.0 Å². The van der Waals surface area contributed by atoms with Crippen molar-refractivity contribution >= 4 is 11.0 Å². The Morgan fingerprint density at radius 1 is 1.35 bits per heavy atom. The summed E-state index contributed by atoms with van der Waals surface area (Å²) in [5, 5.41) is 0. The van der Waals surface area contributed by atoms with Gasteiger partial charge in [0.15, 0.2) is 0 Å². The van der Waals surface area contributed by atoms with Crippen molar-refractivity contribution in [1.29, 1.82) is 0 Å². The number of fused-ring (bicyclic) bond motifs is 1. The summed E-state index contributed by atoms with van der Waals surface area (Å²) < 4.78 is 38.2. The minimum Gasteiger partial charge on any atom is -0.413 e. The Labute approximate surface area is 93.2 Å². The Hall–Kier alpha value is -2.05. The monoisotopic (exact) mass is 244 g/mol. The Bertz CT molecular complexity index is 619. The van der Waals surface area contributed by atoms with Crippen molar-refractivity contribution in [3.63, 3.8) is 0 Å². The maximum Gasteiger partial charge on any atom is 0.416 e. The molecule has 0 aliphatic heterocycles. The molecule has 2 aromatic rings. The van der Waals surface area contributed by atoms with Crippen LogP contribution in [-0.4, -0.2) is 16.8 Å². The molecule has 0 atom stereocenters. The molecule has 7 heteroatoms. The highest BCUT2D eigenvalue weighted by atomic mass is 19.4. The number of alkyl halides is 3. The second-order valence-corrected chi connectivity index (χ2v) is 3.27. The highest BCUT2D eigenvalue weighted by molar-refractivity contribution is 5.75. The van der Waals surface area contributed by atoms with Crippen LogP contribution in [0.1, 0.15) is 5.56 Å². The van der Waals surface area contributed by atoms with E-state index in [0.29, 0.717) is 0 Å². The summed E-state index contributed by atoms with van der Waals surface area (Å²) in [6.07, 6.45) is -3.53. The first-order valence-electron chi connectivity index (χ1n) is 4.57. The summed E-state index contributed by atoms with van der Waals surface area (Å²) in [4.78, 5) is 19.7. The Morgan fingerprint density at radius 2 is 2.06 bits per heavy atom. The fourth-order valence-corrected chi connectivity index (χ4v) is 1.46. The van der Waals surface area contributed by atoms with E-state index in [1.54, 1.807) is 0 Å². The van der Waals surface area contributed by atoms with Gasteiger partial charge in [-0.15, -0.1) is 4.73 Å². The van der Waals surface area contributed by atoms with E-state index < -0.39 is 17.3 Å². The second-order valence-electron chi connectivity index (χ2n) is 3.27. The average Bonchev–Trinajstić information content (AvgIpc) is 2.27. The van der Waals surface area contributed by atoms with Crippen LogP contribution >= 0.6 is 0 Å². The third kappa shape index (κ3) is 1.95. The van der Waals surface area contributed by atoms with E-state index in [4.69, 9.17) is 4.84 Å². The van der Waals surface area contributed by atoms with E-state index in [9.17, 15) is 18.0 Å². The number of halogens is 3. The predicted octanol–water partition coefficient (Wildman–Crippen LogP) is 1.47. The van der Waals surface area contributed by atoms with Crippen LogP contribution in [0.4, 0.5) is 13.2 Å². The number of nitrogens with zero attached hydrogens (tertiary/aromatic N) is 2. The normalized spacial score (nSPS) is 11.8. The number of hydrogen-bond acceptors (Lipinski definition) is 3. The fraction of sp³-hybridized carbons (Fsp3) is 0.200. The highest BCUT2D eigenvalue weighted by Gasteiger charge is 2.30. The molecule has 0 aliphatic carbocycles. The van der Waals surface area contributed by atoms with Crippen molar-refractivity contribution in [2.45, 2.75) is 6.18 Å². The first-order chi connectivity index (χ1) is 7.93. The summed E-state index contributed by atoms with van der Waals surface area (Å²) in [6.45, 7) is 0. The van der Waals surface area contributed by atoms with Gasteiger partial charge in [-0.1, -0.05) is 0 Å². The van der Waals surface area contributed by atoms with E-state index in [0.717, 1.165) is 29.1 Å². The van der Waals surface area contributed by atoms with Gasteiger partial charge in [0.1, 0.15) is 12.6 Å². The van der Waals surface area contributed by atoms with E-state index >= 15 is 0 Å². The zero-order chi connectivity index (χ0) is 12.6. The van der Waals surface area contributed by atoms with Gasteiger partial charge < -0.3 is 4.84 Å². The first kappa shape index (κ1) is 11.4. The van der Waals surface area contributed by atoms with Gasteiger partial charge in [0.2, 0.25) is 0 Å². The van der Waals surface area contributed by atoms with Crippen molar-refractivity contribution in [3.05, 3.63) is 40.3 Å². The zero-order valence-electron chi connectivity index (χ0n) is 8.65. The lowest BCUT2D eigenvalue weighted by Crippen LogP contribution is -2.25. The molecule has 0 spiro atoms. The molecule has 1 aromatic carbocycles. The molecule has 4 nitrogen and oxygen atoms in total. The third-order valence-corrected chi connectivity index (χ3v) is 2.22. The van der Waals surface area contributed by atoms with Crippen LogP contribution in [0.2, 0.25) is 0 Å². The average molecular weight is 244 g/mol. The van der Waals surface area contributed by atoms with E-state index in [1.165, 1.54) is 7.11 Å². The van der Waals surface area contributed by atoms with Crippen LogP contribution in [0, 0.1) is 0 Å². The third-order valence-electron chi connectivity index (χ3n) is 2.22. The summed E-state index contributed by atoms with van der Waals surface area (Å²) in [6, 6.07) is 2.89. The number of benzene rings is 1. The quantitative estimate of drug-likeness (QED) is 0.763. The van der Waals surface area contributed by atoms with Gasteiger partial charge in [-0.2, -0.15) is 13.2 Å². The minimum absolute atomic E-state index is 0.0428. The van der Waals surface area contributed by atoms with Crippen molar-refractivity contribution in [3.8, 4) is 0 Å². The minimum atomic E-state index is -4.44. The second kappa shape index (κ2) is 3.76. The molecule has 1 aromatic heterocycles. The van der Waals surface area contributed by atoms with Crippen LogP contribution in [0.15, 0.2) is 29.2 Å². The molecule has 0 amide bonds. The summed E-state index contributed by atoms with van der Waals surface area (Å²) in [5.41, 5.74) is -1.13.